The molecule has 1 amide bonds. The first-order valence-electron chi connectivity index (χ1n) is 6.35. The van der Waals surface area contributed by atoms with Gasteiger partial charge in [-0.05, 0) is 0 Å². The summed E-state index contributed by atoms with van der Waals surface area (Å²) in [6.45, 7) is 2.75. The minimum absolute atomic E-state index is 0.429. The summed E-state index contributed by atoms with van der Waals surface area (Å²) in [7, 11) is 0. The van der Waals surface area contributed by atoms with Crippen LogP contribution in [0.4, 0.5) is 13.2 Å². The fourth-order valence-corrected chi connectivity index (χ4v) is 2.08. The van der Waals surface area contributed by atoms with Gasteiger partial charge in [0.15, 0.2) is 0 Å². The molecule has 1 aliphatic heterocycles. The molecule has 112 valence electrons. The SMILES string of the molecule is O=C(CCC(F)(F)F)N1CCN(Cc2ncn[nH]2)CC1. The van der Waals surface area contributed by atoms with Crippen molar-refractivity contribution in [2.75, 3.05) is 26.2 Å². The van der Waals surface area contributed by atoms with Crippen molar-refractivity contribution in [2.24, 2.45) is 0 Å². The Kier molecular flexibility index (Phi) is 4.58. The fourth-order valence-electron chi connectivity index (χ4n) is 2.08. The largest absolute Gasteiger partial charge is 0.389 e. The van der Waals surface area contributed by atoms with E-state index in [0.717, 1.165) is 5.82 Å². The zero-order valence-corrected chi connectivity index (χ0v) is 10.9. The predicted octanol–water partition coefficient (Wildman–Crippen LogP) is 0.791. The second-order valence-corrected chi connectivity index (χ2v) is 4.70. The van der Waals surface area contributed by atoms with Crippen molar-refractivity contribution in [3.8, 4) is 0 Å². The summed E-state index contributed by atoms with van der Waals surface area (Å²) in [5.41, 5.74) is 0. The Labute approximate surface area is 114 Å². The van der Waals surface area contributed by atoms with Gasteiger partial charge in [-0.15, -0.1) is 0 Å². The second kappa shape index (κ2) is 6.21. The number of nitrogens with zero attached hydrogens (tertiary/aromatic N) is 4. The predicted molar refractivity (Wildman–Crippen MR) is 63.5 cm³/mol. The smallest absolute Gasteiger partial charge is 0.340 e. The number of hydrogen-bond acceptors (Lipinski definition) is 4. The van der Waals surface area contributed by atoms with Gasteiger partial charge in [0.1, 0.15) is 12.2 Å². The van der Waals surface area contributed by atoms with Crippen LogP contribution in [0.2, 0.25) is 0 Å². The van der Waals surface area contributed by atoms with Gasteiger partial charge >= 0.3 is 6.18 Å². The molecule has 0 aliphatic carbocycles. The number of nitrogens with one attached hydrogen (secondary N) is 1. The van der Waals surface area contributed by atoms with Crippen LogP contribution in [0, 0.1) is 0 Å². The highest BCUT2D eigenvalue weighted by Gasteiger charge is 2.30. The molecule has 1 aliphatic rings. The number of amides is 1. The topological polar surface area (TPSA) is 65.1 Å². The molecule has 0 bridgehead atoms. The van der Waals surface area contributed by atoms with Crippen LogP contribution in [0.15, 0.2) is 6.33 Å². The number of aromatic nitrogens is 3. The molecule has 1 saturated heterocycles. The van der Waals surface area contributed by atoms with E-state index in [2.05, 4.69) is 20.1 Å². The molecule has 1 fully saturated rings. The van der Waals surface area contributed by atoms with Gasteiger partial charge in [-0.2, -0.15) is 18.3 Å². The molecule has 9 heteroatoms. The quantitative estimate of drug-likeness (QED) is 0.891. The normalized spacial score (nSPS) is 17.4. The maximum absolute atomic E-state index is 12.1. The number of halogens is 3. The molecule has 1 N–H and O–H groups in total. The van der Waals surface area contributed by atoms with Gasteiger partial charge in [-0.3, -0.25) is 14.8 Å². The zero-order chi connectivity index (χ0) is 14.6. The standard InChI is InChI=1S/C11H16F3N5O/c12-11(13,14)2-1-10(20)19-5-3-18(4-6-19)7-9-15-8-16-17-9/h8H,1-7H2,(H,15,16,17). The Bertz CT molecular complexity index is 426. The van der Waals surface area contributed by atoms with Gasteiger partial charge in [0.05, 0.1) is 13.0 Å². The van der Waals surface area contributed by atoms with Crippen LogP contribution in [0.1, 0.15) is 18.7 Å². The summed E-state index contributed by atoms with van der Waals surface area (Å²) in [6, 6.07) is 0. The molecule has 2 heterocycles. The Hall–Kier alpha value is -1.64. The van der Waals surface area contributed by atoms with Gasteiger partial charge in [0, 0.05) is 32.6 Å². The number of aromatic amines is 1. The number of H-pyrrole nitrogens is 1. The molecule has 0 spiro atoms. The lowest BCUT2D eigenvalue weighted by Crippen LogP contribution is -2.48. The first-order valence-corrected chi connectivity index (χ1v) is 6.35. The van der Waals surface area contributed by atoms with E-state index in [1.54, 1.807) is 0 Å². The lowest BCUT2D eigenvalue weighted by molar-refractivity contribution is -0.150. The first-order chi connectivity index (χ1) is 9.44. The van der Waals surface area contributed by atoms with Crippen molar-refractivity contribution < 1.29 is 18.0 Å². The molecule has 1 aromatic heterocycles. The molecular weight excluding hydrogens is 275 g/mol. The Morgan fingerprint density at radius 1 is 1.30 bits per heavy atom. The zero-order valence-electron chi connectivity index (χ0n) is 10.9. The van der Waals surface area contributed by atoms with E-state index in [0.29, 0.717) is 32.7 Å². The van der Waals surface area contributed by atoms with Gasteiger partial charge in [-0.25, -0.2) is 4.98 Å². The van der Waals surface area contributed by atoms with Crippen molar-refractivity contribution in [3.63, 3.8) is 0 Å². The lowest BCUT2D eigenvalue weighted by atomic mass is 10.2. The summed E-state index contributed by atoms with van der Waals surface area (Å²) in [4.78, 5) is 19.2. The summed E-state index contributed by atoms with van der Waals surface area (Å²) in [6.07, 6.45) is -4.37. The summed E-state index contributed by atoms with van der Waals surface area (Å²) < 4.78 is 36.2. The van der Waals surface area contributed by atoms with E-state index in [1.807, 2.05) is 0 Å². The average molecular weight is 291 g/mol. The van der Waals surface area contributed by atoms with E-state index in [9.17, 15) is 18.0 Å². The fraction of sp³-hybridized carbons (Fsp3) is 0.727. The molecule has 6 nitrogen and oxygen atoms in total. The van der Waals surface area contributed by atoms with Crippen molar-refractivity contribution in [3.05, 3.63) is 12.2 Å². The molecule has 0 saturated carbocycles. The minimum atomic E-state index is -4.27. The molecule has 0 unspecified atom stereocenters. The molecule has 0 aromatic carbocycles. The molecular formula is C11H16F3N5O. The van der Waals surface area contributed by atoms with Crippen LogP contribution in [-0.4, -0.2) is 63.2 Å². The maximum atomic E-state index is 12.1. The van der Waals surface area contributed by atoms with Crippen molar-refractivity contribution in [2.45, 2.75) is 25.6 Å². The molecule has 2 rings (SSSR count). The third-order valence-corrected chi connectivity index (χ3v) is 3.19. The van der Waals surface area contributed by atoms with Crippen LogP contribution in [-0.2, 0) is 11.3 Å². The van der Waals surface area contributed by atoms with Crippen molar-refractivity contribution in [1.29, 1.82) is 0 Å². The lowest BCUT2D eigenvalue weighted by Gasteiger charge is -2.34. The molecule has 0 atom stereocenters. The van der Waals surface area contributed by atoms with Crippen molar-refractivity contribution >= 4 is 5.91 Å². The Morgan fingerprint density at radius 3 is 2.55 bits per heavy atom. The van der Waals surface area contributed by atoms with E-state index >= 15 is 0 Å². The Morgan fingerprint density at radius 2 is 2.00 bits per heavy atom. The number of piperazine rings is 1. The number of rotatable bonds is 4. The number of alkyl halides is 3. The highest BCUT2D eigenvalue weighted by molar-refractivity contribution is 5.76. The monoisotopic (exact) mass is 291 g/mol. The van der Waals surface area contributed by atoms with E-state index < -0.39 is 24.9 Å². The van der Waals surface area contributed by atoms with Crippen LogP contribution >= 0.6 is 0 Å². The van der Waals surface area contributed by atoms with E-state index in [-0.39, 0.29) is 0 Å². The number of carbonyl (C=O) groups is 1. The van der Waals surface area contributed by atoms with Gasteiger partial charge in [-0.1, -0.05) is 0 Å². The first kappa shape index (κ1) is 14.8. The van der Waals surface area contributed by atoms with E-state index in [4.69, 9.17) is 0 Å². The summed E-state index contributed by atoms with van der Waals surface area (Å²) in [5.74, 6) is 0.309. The Balaban J connectivity index is 1.72. The van der Waals surface area contributed by atoms with Crippen LogP contribution in [0.5, 0.6) is 0 Å². The maximum Gasteiger partial charge on any atom is 0.389 e. The highest BCUT2D eigenvalue weighted by atomic mass is 19.4. The number of carbonyl (C=O) groups excluding carboxylic acids is 1. The molecule has 20 heavy (non-hydrogen) atoms. The van der Waals surface area contributed by atoms with Crippen LogP contribution in [0.25, 0.3) is 0 Å². The van der Waals surface area contributed by atoms with Gasteiger partial charge in [0.25, 0.3) is 0 Å². The third-order valence-electron chi connectivity index (χ3n) is 3.19. The molecule has 0 radical (unpaired) electrons. The summed E-state index contributed by atoms with van der Waals surface area (Å²) in [5, 5.41) is 6.49. The third kappa shape index (κ3) is 4.48. The van der Waals surface area contributed by atoms with Crippen LogP contribution < -0.4 is 0 Å². The number of hydrogen-bond donors (Lipinski definition) is 1. The van der Waals surface area contributed by atoms with Crippen molar-refractivity contribution in [1.82, 2.24) is 25.0 Å². The summed E-state index contributed by atoms with van der Waals surface area (Å²) >= 11 is 0. The average Bonchev–Trinajstić information content (AvgIpc) is 2.89. The molecule has 1 aromatic rings. The van der Waals surface area contributed by atoms with Gasteiger partial charge < -0.3 is 4.90 Å². The van der Waals surface area contributed by atoms with Crippen LogP contribution in [0.3, 0.4) is 0 Å². The van der Waals surface area contributed by atoms with Gasteiger partial charge in [0.2, 0.25) is 5.91 Å². The van der Waals surface area contributed by atoms with E-state index in [1.165, 1.54) is 11.2 Å². The highest BCUT2D eigenvalue weighted by Crippen LogP contribution is 2.22. The second-order valence-electron chi connectivity index (χ2n) is 4.70. The minimum Gasteiger partial charge on any atom is -0.340 e.